The summed E-state index contributed by atoms with van der Waals surface area (Å²) in [5.41, 5.74) is 6.02. The van der Waals surface area contributed by atoms with E-state index in [1.54, 1.807) is 6.92 Å². The summed E-state index contributed by atoms with van der Waals surface area (Å²) in [6.45, 7) is 1.73. The Hall–Kier alpha value is -0.550. The fourth-order valence-corrected chi connectivity index (χ4v) is 2.50. The average Bonchev–Trinajstić information content (AvgIpc) is 2.07. The van der Waals surface area contributed by atoms with Gasteiger partial charge in [0.2, 0.25) is 0 Å². The Morgan fingerprint density at radius 1 is 1.73 bits per heavy atom. The second-order valence-electron chi connectivity index (χ2n) is 2.03. The minimum atomic E-state index is -0.970. The van der Waals surface area contributed by atoms with Gasteiger partial charge >= 0.3 is 5.97 Å². The fraction of sp³-hybridized carbons (Fsp3) is 0.167. The third-order valence-corrected chi connectivity index (χ3v) is 3.11. The second kappa shape index (κ2) is 2.83. The predicted octanol–water partition coefficient (Wildman–Crippen LogP) is 2.10. The number of halogens is 1. The molecule has 1 aromatic rings. The zero-order chi connectivity index (χ0) is 8.59. The van der Waals surface area contributed by atoms with Crippen molar-refractivity contribution in [3.63, 3.8) is 0 Å². The predicted molar refractivity (Wildman–Crippen MR) is 48.1 cm³/mol. The van der Waals surface area contributed by atoms with Gasteiger partial charge in [0, 0.05) is 4.88 Å². The molecule has 0 atom stereocenters. The number of anilines is 1. The third-order valence-electron chi connectivity index (χ3n) is 1.29. The van der Waals surface area contributed by atoms with Gasteiger partial charge in [0.1, 0.15) is 0 Å². The topological polar surface area (TPSA) is 63.3 Å². The maximum Gasteiger partial charge on any atom is 0.338 e. The van der Waals surface area contributed by atoms with Crippen molar-refractivity contribution in [1.82, 2.24) is 0 Å². The maximum absolute atomic E-state index is 10.6. The molecular formula is C6H6BrNO2S. The maximum atomic E-state index is 10.6. The molecule has 1 rings (SSSR count). The molecule has 0 aliphatic carbocycles. The van der Waals surface area contributed by atoms with Gasteiger partial charge in [-0.3, -0.25) is 0 Å². The zero-order valence-corrected chi connectivity index (χ0v) is 8.12. The van der Waals surface area contributed by atoms with Crippen LogP contribution in [0.15, 0.2) is 3.79 Å². The monoisotopic (exact) mass is 235 g/mol. The standard InChI is InChI=1S/C6H6BrNO2S/c1-2-3(6(9)10)4(8)5(7)11-2/h8H2,1H3,(H,9,10). The molecule has 0 amide bonds. The number of rotatable bonds is 1. The Morgan fingerprint density at radius 2 is 2.27 bits per heavy atom. The Labute approximate surface area is 76.0 Å². The molecule has 0 aromatic carbocycles. The van der Waals surface area contributed by atoms with Crippen molar-refractivity contribution in [3.8, 4) is 0 Å². The lowest BCUT2D eigenvalue weighted by Crippen LogP contribution is -2.00. The molecular weight excluding hydrogens is 230 g/mol. The molecule has 5 heteroatoms. The van der Waals surface area contributed by atoms with Crippen molar-refractivity contribution in [3.05, 3.63) is 14.2 Å². The van der Waals surface area contributed by atoms with Gasteiger partial charge in [0.15, 0.2) is 0 Å². The molecule has 0 bridgehead atoms. The molecule has 60 valence electrons. The summed E-state index contributed by atoms with van der Waals surface area (Å²) < 4.78 is 0.687. The molecule has 11 heavy (non-hydrogen) atoms. The number of carboxylic acids is 1. The first-order chi connectivity index (χ1) is 5.04. The number of carbonyl (C=O) groups is 1. The van der Waals surface area contributed by atoms with Crippen molar-refractivity contribution in [2.45, 2.75) is 6.92 Å². The molecule has 0 saturated carbocycles. The van der Waals surface area contributed by atoms with E-state index in [0.29, 0.717) is 9.47 Å². The van der Waals surface area contributed by atoms with Crippen molar-refractivity contribution in [2.75, 3.05) is 5.73 Å². The zero-order valence-electron chi connectivity index (χ0n) is 5.72. The molecule has 0 saturated heterocycles. The summed E-state index contributed by atoms with van der Waals surface area (Å²) >= 11 is 4.50. The number of carboxylic acid groups (broad SMARTS) is 1. The second-order valence-corrected chi connectivity index (χ2v) is 4.57. The Bertz CT molecular complexity index is 308. The number of nitrogens with two attached hydrogens (primary N) is 1. The molecule has 0 fully saturated rings. The van der Waals surface area contributed by atoms with Crippen LogP contribution in [0.3, 0.4) is 0 Å². The molecule has 0 unspecified atom stereocenters. The Kier molecular flexibility index (Phi) is 2.20. The number of thiophene rings is 1. The van der Waals surface area contributed by atoms with E-state index in [1.807, 2.05) is 0 Å². The minimum Gasteiger partial charge on any atom is -0.478 e. The van der Waals surface area contributed by atoms with Gasteiger partial charge in [0.05, 0.1) is 15.0 Å². The quantitative estimate of drug-likeness (QED) is 0.784. The van der Waals surface area contributed by atoms with E-state index < -0.39 is 5.97 Å². The third kappa shape index (κ3) is 1.39. The summed E-state index contributed by atoms with van der Waals surface area (Å²) in [6.07, 6.45) is 0. The molecule has 0 radical (unpaired) electrons. The molecule has 1 aromatic heterocycles. The van der Waals surface area contributed by atoms with Crippen molar-refractivity contribution < 1.29 is 9.90 Å². The van der Waals surface area contributed by atoms with Crippen molar-refractivity contribution in [2.24, 2.45) is 0 Å². The van der Waals surface area contributed by atoms with Crippen LogP contribution >= 0.6 is 27.3 Å². The normalized spacial score (nSPS) is 10.0. The van der Waals surface area contributed by atoms with Gasteiger partial charge in [-0.1, -0.05) is 0 Å². The first kappa shape index (κ1) is 8.55. The lowest BCUT2D eigenvalue weighted by Gasteiger charge is -1.92. The van der Waals surface area contributed by atoms with Crippen LogP contribution in [0.2, 0.25) is 0 Å². The van der Waals surface area contributed by atoms with E-state index in [0.717, 1.165) is 4.88 Å². The van der Waals surface area contributed by atoms with Crippen LogP contribution in [-0.4, -0.2) is 11.1 Å². The van der Waals surface area contributed by atoms with E-state index in [2.05, 4.69) is 15.9 Å². The lowest BCUT2D eigenvalue weighted by atomic mass is 10.2. The van der Waals surface area contributed by atoms with Gasteiger partial charge in [-0.15, -0.1) is 11.3 Å². The van der Waals surface area contributed by atoms with Gasteiger partial charge in [-0.25, -0.2) is 4.79 Å². The van der Waals surface area contributed by atoms with E-state index in [9.17, 15) is 4.79 Å². The number of hydrogen-bond acceptors (Lipinski definition) is 3. The molecule has 0 spiro atoms. The summed E-state index contributed by atoms with van der Waals surface area (Å²) in [5.74, 6) is -0.970. The van der Waals surface area contributed by atoms with E-state index in [4.69, 9.17) is 10.8 Å². The first-order valence-electron chi connectivity index (χ1n) is 2.81. The Balaban J connectivity index is 3.34. The number of hydrogen-bond donors (Lipinski definition) is 2. The summed E-state index contributed by atoms with van der Waals surface area (Å²) in [4.78, 5) is 11.3. The number of aromatic carboxylic acids is 1. The average molecular weight is 236 g/mol. The highest BCUT2D eigenvalue weighted by atomic mass is 79.9. The SMILES string of the molecule is Cc1sc(Br)c(N)c1C(=O)O. The molecule has 0 aliphatic rings. The van der Waals surface area contributed by atoms with Crippen molar-refractivity contribution >= 4 is 38.9 Å². The largest absolute Gasteiger partial charge is 0.478 e. The van der Waals surface area contributed by atoms with Gasteiger partial charge in [0.25, 0.3) is 0 Å². The minimum absolute atomic E-state index is 0.210. The Morgan fingerprint density at radius 3 is 2.45 bits per heavy atom. The molecule has 3 N–H and O–H groups in total. The van der Waals surface area contributed by atoms with Gasteiger partial charge in [-0.2, -0.15) is 0 Å². The number of nitrogen functional groups attached to an aromatic ring is 1. The summed E-state index contributed by atoms with van der Waals surface area (Å²) in [6, 6.07) is 0. The number of aryl methyl sites for hydroxylation is 1. The van der Waals surface area contributed by atoms with Crippen LogP contribution < -0.4 is 5.73 Å². The first-order valence-corrected chi connectivity index (χ1v) is 4.42. The molecule has 3 nitrogen and oxygen atoms in total. The van der Waals surface area contributed by atoms with E-state index in [1.165, 1.54) is 11.3 Å². The van der Waals surface area contributed by atoms with Crippen LogP contribution in [-0.2, 0) is 0 Å². The van der Waals surface area contributed by atoms with E-state index >= 15 is 0 Å². The van der Waals surface area contributed by atoms with Gasteiger partial charge in [-0.05, 0) is 22.9 Å². The highest BCUT2D eigenvalue weighted by Gasteiger charge is 2.16. The van der Waals surface area contributed by atoms with Crippen LogP contribution in [0.4, 0.5) is 5.69 Å². The van der Waals surface area contributed by atoms with Crippen LogP contribution in [0.25, 0.3) is 0 Å². The highest BCUT2D eigenvalue weighted by molar-refractivity contribution is 9.11. The van der Waals surface area contributed by atoms with Crippen LogP contribution in [0, 0.1) is 6.92 Å². The van der Waals surface area contributed by atoms with E-state index in [-0.39, 0.29) is 5.56 Å². The summed E-state index contributed by atoms with van der Waals surface area (Å²) in [7, 11) is 0. The fourth-order valence-electron chi connectivity index (χ4n) is 0.794. The van der Waals surface area contributed by atoms with Crippen molar-refractivity contribution in [1.29, 1.82) is 0 Å². The summed E-state index contributed by atoms with van der Waals surface area (Å²) in [5, 5.41) is 8.67. The molecule has 1 heterocycles. The smallest absolute Gasteiger partial charge is 0.338 e. The van der Waals surface area contributed by atoms with Crippen LogP contribution in [0.1, 0.15) is 15.2 Å². The van der Waals surface area contributed by atoms with Crippen LogP contribution in [0.5, 0.6) is 0 Å². The lowest BCUT2D eigenvalue weighted by molar-refractivity contribution is 0.0698. The molecule has 0 aliphatic heterocycles. The van der Waals surface area contributed by atoms with Gasteiger partial charge < -0.3 is 10.8 Å². The highest BCUT2D eigenvalue weighted by Crippen LogP contribution is 2.34.